The fraction of sp³-hybridized carbons (Fsp3) is 0.0629. The summed E-state index contributed by atoms with van der Waals surface area (Å²) in [5.41, 5.74) is 41.9. The van der Waals surface area contributed by atoms with Crippen molar-refractivity contribution in [1.82, 2.24) is 0 Å². The van der Waals surface area contributed by atoms with Gasteiger partial charge < -0.3 is 8.83 Å². The maximum absolute atomic E-state index is 6.55. The third kappa shape index (κ3) is 13.1. The first-order valence-corrected chi connectivity index (χ1v) is 51.9. The molecule has 0 bridgehead atoms. The summed E-state index contributed by atoms with van der Waals surface area (Å²) in [4.78, 5) is 0. The molecule has 3 aromatic heterocycles. The van der Waals surface area contributed by atoms with E-state index in [2.05, 4.69) is 497 Å². The molecular formula is C143H96O2S. The molecule has 0 radical (unpaired) electrons. The molecular weight excluding hydrogens is 1780 g/mol. The topological polar surface area (TPSA) is 26.3 Å². The highest BCUT2D eigenvalue weighted by molar-refractivity contribution is 7.26. The molecule has 3 aliphatic carbocycles. The molecule has 2 nitrogen and oxygen atoms in total. The zero-order valence-corrected chi connectivity index (χ0v) is 82.6. The Morgan fingerprint density at radius 2 is 0.514 bits per heavy atom. The minimum atomic E-state index is -0.189. The number of benzene rings is 25. The van der Waals surface area contributed by atoms with E-state index in [4.69, 9.17) is 8.83 Å². The van der Waals surface area contributed by atoms with Crippen LogP contribution in [0.4, 0.5) is 0 Å². The standard InChI is InChI=1S/C56H40O.C47H32S.C40H24O/c1-55(2)47-23-12-10-17-37(47)38-27-25-35(30-49(38)55)53-41-20-9-8-19-40(41)52(33-15-6-5-7-16-33)46-32-50-44(31-45(46)53)43-29-34(26-28-48(43)56(50,3)4)36-21-14-22-42-39-18-11-13-24-51(39)57-54(36)42;1-47(2)40-26-31(32-21-13-23-43-46(32)36-20-11-12-22-42(36)48-43)24-25-33(40)37-27-38-39(28-41(37)47)45(30-16-7-4-8-17-30)35-19-10-9-18-34(35)44(38)29-14-5-3-6-15-29;1-2-13-37-34(12-1)35-20-18-31(24-38(35)41-37)29-9-4-8-28(22-29)30-10-5-11-32(23-30)33-19-16-27-15-14-25-6-3-7-26-17-21-36(33)40(27)39(25)26/h5-32H,1-4H3;3-28H,1-2H3;1-24H. The second-order valence-electron chi connectivity index (χ2n) is 41.8. The SMILES string of the molecule is CC1(C)c2cc(-c3cccc4sc5ccccc5c34)ccc2-c2cc3c(-c4ccccc4)c4ccccc4c(-c4ccccc4)c3cc21.CC1(C)c2ccccc2-c2ccc(-c3c4ccccc4c(-c4ccccc4)c4cc5c(cc34)-c3cc(-c4cccc6c4oc4ccccc46)ccc3C5(C)C)cc21.c1cc(-c2cccc(-c3ccc4ccc5cccc6ccc3c4c56)c2)cc(-c2ccc3c(c2)oc2ccccc23)c1. The van der Waals surface area contributed by atoms with Crippen LogP contribution in [0, 0.1) is 0 Å². The summed E-state index contributed by atoms with van der Waals surface area (Å²) in [7, 11) is 0. The minimum Gasteiger partial charge on any atom is -0.456 e. The first-order valence-electron chi connectivity index (χ1n) is 51.0. The second kappa shape index (κ2) is 32.7. The van der Waals surface area contributed by atoms with Gasteiger partial charge in [0.2, 0.25) is 0 Å². The van der Waals surface area contributed by atoms with Gasteiger partial charge in [0.15, 0.2) is 0 Å². The molecule has 0 atom stereocenters. The van der Waals surface area contributed by atoms with Crippen LogP contribution in [0.25, 0.3) is 273 Å². The van der Waals surface area contributed by atoms with Crippen molar-refractivity contribution >= 4 is 151 Å². The van der Waals surface area contributed by atoms with Crippen molar-refractivity contribution in [2.24, 2.45) is 0 Å². The van der Waals surface area contributed by atoms with Crippen molar-refractivity contribution in [2.45, 2.75) is 57.8 Å². The average molecular weight is 1880 g/mol. The quantitative estimate of drug-likeness (QED) is 0.106. The van der Waals surface area contributed by atoms with Crippen molar-refractivity contribution < 1.29 is 8.83 Å². The maximum atomic E-state index is 6.55. The Kier molecular flexibility index (Phi) is 19.1. The molecule has 0 N–H and O–H groups in total. The van der Waals surface area contributed by atoms with Crippen LogP contribution in [0.3, 0.4) is 0 Å². The molecule has 0 aliphatic heterocycles. The van der Waals surface area contributed by atoms with E-state index < -0.39 is 0 Å². The lowest BCUT2D eigenvalue weighted by atomic mass is 9.78. The van der Waals surface area contributed by atoms with Gasteiger partial charge in [0, 0.05) is 63.5 Å². The number of hydrogen-bond acceptors (Lipinski definition) is 3. The van der Waals surface area contributed by atoms with Gasteiger partial charge in [0.25, 0.3) is 0 Å². The summed E-state index contributed by atoms with van der Waals surface area (Å²) < 4.78 is 15.4. The van der Waals surface area contributed by atoms with E-state index >= 15 is 0 Å². The average Bonchev–Trinajstić information content (AvgIpc) is 1.54. The Bertz CT molecular complexity index is 10300. The number of fused-ring (bicyclic) bond motifs is 22. The van der Waals surface area contributed by atoms with E-state index in [-0.39, 0.29) is 16.2 Å². The third-order valence-corrected chi connectivity index (χ3v) is 33.9. The molecule has 0 amide bonds. The van der Waals surface area contributed by atoms with Gasteiger partial charge in [-0.05, 0) is 328 Å². The van der Waals surface area contributed by atoms with E-state index in [0.717, 1.165) is 55.0 Å². The minimum absolute atomic E-state index is 0.0964. The lowest BCUT2D eigenvalue weighted by Gasteiger charge is -2.25. The number of hydrogen-bond donors (Lipinski definition) is 0. The molecule has 0 saturated heterocycles. The van der Waals surface area contributed by atoms with E-state index in [1.165, 1.54) is 251 Å². The predicted octanol–water partition coefficient (Wildman–Crippen LogP) is 40.7. The lowest BCUT2D eigenvalue weighted by Crippen LogP contribution is -2.15. The van der Waals surface area contributed by atoms with Crippen LogP contribution < -0.4 is 0 Å². The fourth-order valence-corrected chi connectivity index (χ4v) is 26.8. The number of furan rings is 2. The Morgan fingerprint density at radius 3 is 1.15 bits per heavy atom. The first-order chi connectivity index (χ1) is 71.7. The molecule has 28 aromatic rings. The molecule has 31 rings (SSSR count). The van der Waals surface area contributed by atoms with Gasteiger partial charge in [-0.1, -0.05) is 424 Å². The Labute approximate surface area is 851 Å². The molecule has 686 valence electrons. The zero-order valence-electron chi connectivity index (χ0n) is 81.8. The monoisotopic (exact) mass is 1880 g/mol. The summed E-state index contributed by atoms with van der Waals surface area (Å²) in [5, 5.41) is 25.6. The fourth-order valence-electron chi connectivity index (χ4n) is 25.7. The molecule has 25 aromatic carbocycles. The predicted molar refractivity (Wildman–Crippen MR) is 622 cm³/mol. The smallest absolute Gasteiger partial charge is 0.143 e. The Morgan fingerprint density at radius 1 is 0.158 bits per heavy atom. The van der Waals surface area contributed by atoms with E-state index in [9.17, 15) is 0 Å². The summed E-state index contributed by atoms with van der Waals surface area (Å²) in [5.74, 6) is 0. The summed E-state index contributed by atoms with van der Waals surface area (Å²) >= 11 is 1.89. The molecule has 0 fully saturated rings. The largest absolute Gasteiger partial charge is 0.456 e. The number of para-hydroxylation sites is 3. The van der Waals surface area contributed by atoms with Gasteiger partial charge in [-0.2, -0.15) is 0 Å². The first kappa shape index (κ1) is 85.2. The molecule has 146 heavy (non-hydrogen) atoms. The second-order valence-corrected chi connectivity index (χ2v) is 42.9. The summed E-state index contributed by atoms with van der Waals surface area (Å²) in [6.45, 7) is 14.4. The Balaban J connectivity index is 0.000000105. The highest BCUT2D eigenvalue weighted by Gasteiger charge is 2.41. The van der Waals surface area contributed by atoms with Gasteiger partial charge >= 0.3 is 0 Å². The lowest BCUT2D eigenvalue weighted by molar-refractivity contribution is 0.660. The molecule has 0 unspecified atom stereocenters. The van der Waals surface area contributed by atoms with Gasteiger partial charge in [-0.15, -0.1) is 11.3 Å². The van der Waals surface area contributed by atoms with Crippen molar-refractivity contribution in [3.8, 4) is 134 Å². The van der Waals surface area contributed by atoms with Crippen molar-refractivity contribution in [2.75, 3.05) is 0 Å². The van der Waals surface area contributed by atoms with E-state index in [1.807, 2.05) is 29.5 Å². The molecule has 0 spiro atoms. The van der Waals surface area contributed by atoms with Crippen LogP contribution in [-0.2, 0) is 16.2 Å². The van der Waals surface area contributed by atoms with Crippen molar-refractivity contribution in [1.29, 1.82) is 0 Å². The zero-order chi connectivity index (χ0) is 97.1. The van der Waals surface area contributed by atoms with Crippen LogP contribution in [0.15, 0.2) is 482 Å². The van der Waals surface area contributed by atoms with Crippen LogP contribution in [-0.4, -0.2) is 0 Å². The summed E-state index contributed by atoms with van der Waals surface area (Å²) in [6, 6.07) is 175. The van der Waals surface area contributed by atoms with Crippen LogP contribution >= 0.6 is 11.3 Å². The van der Waals surface area contributed by atoms with Crippen molar-refractivity contribution in [3.05, 3.63) is 507 Å². The highest BCUT2D eigenvalue weighted by Crippen LogP contribution is 2.60. The van der Waals surface area contributed by atoms with Gasteiger partial charge in [0.05, 0.1) is 0 Å². The maximum Gasteiger partial charge on any atom is 0.143 e. The molecule has 3 heterocycles. The molecule has 3 aliphatic rings. The van der Waals surface area contributed by atoms with Crippen LogP contribution in [0.5, 0.6) is 0 Å². The summed E-state index contributed by atoms with van der Waals surface area (Å²) in [6.07, 6.45) is 0. The molecule has 0 saturated carbocycles. The van der Waals surface area contributed by atoms with Gasteiger partial charge in [0.1, 0.15) is 22.3 Å². The van der Waals surface area contributed by atoms with Crippen LogP contribution in [0.1, 0.15) is 74.9 Å². The Hall–Kier alpha value is -17.6. The highest BCUT2D eigenvalue weighted by atomic mass is 32.1. The van der Waals surface area contributed by atoms with Gasteiger partial charge in [-0.25, -0.2) is 0 Å². The van der Waals surface area contributed by atoms with Gasteiger partial charge in [-0.3, -0.25) is 0 Å². The number of thiophene rings is 1. The van der Waals surface area contributed by atoms with Crippen molar-refractivity contribution in [3.63, 3.8) is 0 Å². The normalized spacial score (nSPS) is 13.4. The third-order valence-electron chi connectivity index (χ3n) is 32.7. The molecule has 3 heteroatoms. The van der Waals surface area contributed by atoms with E-state index in [1.54, 1.807) is 0 Å². The number of rotatable bonds is 9. The van der Waals surface area contributed by atoms with E-state index in [0.29, 0.717) is 0 Å². The van der Waals surface area contributed by atoms with Crippen LogP contribution in [0.2, 0.25) is 0 Å².